The molecule has 0 aliphatic heterocycles. The number of aromatic nitrogens is 1. The van der Waals surface area contributed by atoms with Crippen LogP contribution in [0.15, 0.2) is 18.3 Å². The SMILES string of the molecule is COC(C)(C)CNC(=O)c1ccc(F)nc1. The minimum atomic E-state index is -0.603. The van der Waals surface area contributed by atoms with Gasteiger partial charge in [0.15, 0.2) is 0 Å². The predicted octanol–water partition coefficient (Wildman–Crippen LogP) is 1.38. The first-order valence-corrected chi connectivity index (χ1v) is 4.89. The van der Waals surface area contributed by atoms with E-state index < -0.39 is 11.5 Å². The topological polar surface area (TPSA) is 51.2 Å². The molecular weight excluding hydrogens is 211 g/mol. The zero-order valence-electron chi connectivity index (χ0n) is 9.58. The third kappa shape index (κ3) is 3.58. The molecule has 1 rings (SSSR count). The molecule has 0 fully saturated rings. The molecule has 0 bridgehead atoms. The number of nitrogens with one attached hydrogen (secondary N) is 1. The van der Waals surface area contributed by atoms with E-state index in [0.717, 1.165) is 6.07 Å². The van der Waals surface area contributed by atoms with Crippen LogP contribution in [0.3, 0.4) is 0 Å². The number of methoxy groups -OCH3 is 1. The lowest BCUT2D eigenvalue weighted by Gasteiger charge is -2.22. The Morgan fingerprint density at radius 3 is 2.75 bits per heavy atom. The maximum atomic E-state index is 12.5. The van der Waals surface area contributed by atoms with Crippen LogP contribution in [0, 0.1) is 5.95 Å². The molecule has 4 nitrogen and oxygen atoms in total. The number of pyridine rings is 1. The first kappa shape index (κ1) is 12.6. The molecule has 0 saturated heterocycles. The molecule has 1 N–H and O–H groups in total. The van der Waals surface area contributed by atoms with Crippen molar-refractivity contribution >= 4 is 5.91 Å². The second kappa shape index (κ2) is 5.03. The van der Waals surface area contributed by atoms with Crippen LogP contribution in [0.1, 0.15) is 24.2 Å². The van der Waals surface area contributed by atoms with Gasteiger partial charge in [0, 0.05) is 19.9 Å². The Balaban J connectivity index is 2.56. The Labute approximate surface area is 93.8 Å². The molecule has 88 valence electrons. The van der Waals surface area contributed by atoms with Crippen molar-refractivity contribution in [2.75, 3.05) is 13.7 Å². The number of carbonyl (C=O) groups is 1. The predicted molar refractivity (Wildman–Crippen MR) is 57.6 cm³/mol. The Kier molecular flexibility index (Phi) is 3.95. The van der Waals surface area contributed by atoms with Crippen LogP contribution >= 0.6 is 0 Å². The average Bonchev–Trinajstić information content (AvgIpc) is 2.27. The lowest BCUT2D eigenvalue weighted by molar-refractivity contribution is 0.0228. The smallest absolute Gasteiger partial charge is 0.252 e. The first-order valence-electron chi connectivity index (χ1n) is 4.89. The summed E-state index contributed by atoms with van der Waals surface area (Å²) < 4.78 is 17.7. The van der Waals surface area contributed by atoms with Crippen LogP contribution in [0.4, 0.5) is 4.39 Å². The van der Waals surface area contributed by atoms with Crippen molar-refractivity contribution in [3.8, 4) is 0 Å². The Morgan fingerprint density at radius 2 is 2.25 bits per heavy atom. The number of amides is 1. The zero-order valence-corrected chi connectivity index (χ0v) is 9.58. The second-order valence-electron chi connectivity index (χ2n) is 4.02. The summed E-state index contributed by atoms with van der Waals surface area (Å²) in [7, 11) is 1.58. The molecule has 0 unspecified atom stereocenters. The van der Waals surface area contributed by atoms with Crippen molar-refractivity contribution in [1.29, 1.82) is 0 Å². The van der Waals surface area contributed by atoms with Gasteiger partial charge in [-0.25, -0.2) is 4.98 Å². The highest BCUT2D eigenvalue weighted by molar-refractivity contribution is 5.93. The largest absolute Gasteiger partial charge is 0.377 e. The van der Waals surface area contributed by atoms with Gasteiger partial charge in [-0.05, 0) is 26.0 Å². The summed E-state index contributed by atoms with van der Waals surface area (Å²) in [6.45, 7) is 4.09. The minimum absolute atomic E-state index is 0.294. The molecule has 0 saturated carbocycles. The fraction of sp³-hybridized carbons (Fsp3) is 0.455. The Morgan fingerprint density at radius 1 is 1.56 bits per heavy atom. The van der Waals surface area contributed by atoms with Crippen molar-refractivity contribution in [3.05, 3.63) is 29.8 Å². The molecule has 1 amide bonds. The monoisotopic (exact) mass is 226 g/mol. The molecule has 16 heavy (non-hydrogen) atoms. The van der Waals surface area contributed by atoms with Crippen LogP contribution in [-0.4, -0.2) is 30.1 Å². The van der Waals surface area contributed by atoms with Crippen LogP contribution in [0.25, 0.3) is 0 Å². The van der Waals surface area contributed by atoms with Gasteiger partial charge in [-0.1, -0.05) is 0 Å². The normalized spacial score (nSPS) is 11.2. The van der Waals surface area contributed by atoms with E-state index in [1.165, 1.54) is 12.3 Å². The summed E-state index contributed by atoms with van der Waals surface area (Å²) in [6, 6.07) is 2.54. The van der Waals surface area contributed by atoms with Gasteiger partial charge in [-0.15, -0.1) is 0 Å². The van der Waals surface area contributed by atoms with Crippen molar-refractivity contribution in [3.63, 3.8) is 0 Å². The maximum absolute atomic E-state index is 12.5. The van der Waals surface area contributed by atoms with E-state index in [2.05, 4.69) is 10.3 Å². The van der Waals surface area contributed by atoms with Gasteiger partial charge in [-0.2, -0.15) is 4.39 Å². The molecule has 0 radical (unpaired) electrons. The molecular formula is C11H15FN2O2. The zero-order chi connectivity index (χ0) is 12.2. The van der Waals surface area contributed by atoms with Gasteiger partial charge in [-0.3, -0.25) is 4.79 Å². The van der Waals surface area contributed by atoms with Crippen LogP contribution < -0.4 is 5.32 Å². The van der Waals surface area contributed by atoms with E-state index in [1.807, 2.05) is 13.8 Å². The van der Waals surface area contributed by atoms with Crippen LogP contribution in [0.5, 0.6) is 0 Å². The molecule has 1 heterocycles. The van der Waals surface area contributed by atoms with E-state index in [0.29, 0.717) is 12.1 Å². The van der Waals surface area contributed by atoms with Gasteiger partial charge in [0.25, 0.3) is 5.91 Å². The highest BCUT2D eigenvalue weighted by Gasteiger charge is 2.17. The highest BCUT2D eigenvalue weighted by atomic mass is 19.1. The average molecular weight is 226 g/mol. The lowest BCUT2D eigenvalue weighted by Crippen LogP contribution is -2.39. The second-order valence-corrected chi connectivity index (χ2v) is 4.02. The van der Waals surface area contributed by atoms with E-state index in [9.17, 15) is 9.18 Å². The van der Waals surface area contributed by atoms with Crippen molar-refractivity contribution < 1.29 is 13.9 Å². The molecule has 0 atom stereocenters. The van der Waals surface area contributed by atoms with Gasteiger partial charge < -0.3 is 10.1 Å². The van der Waals surface area contributed by atoms with Crippen molar-refractivity contribution in [2.24, 2.45) is 0 Å². The van der Waals surface area contributed by atoms with E-state index in [1.54, 1.807) is 7.11 Å². The molecule has 1 aromatic heterocycles. The number of ether oxygens (including phenoxy) is 1. The minimum Gasteiger partial charge on any atom is -0.377 e. The van der Waals surface area contributed by atoms with E-state index in [-0.39, 0.29) is 5.91 Å². The molecule has 1 aromatic rings. The number of halogens is 1. The Hall–Kier alpha value is -1.49. The summed E-state index contributed by atoms with van der Waals surface area (Å²) in [5, 5.41) is 2.68. The summed E-state index contributed by atoms with van der Waals surface area (Å²) in [4.78, 5) is 15.0. The third-order valence-electron chi connectivity index (χ3n) is 2.22. The van der Waals surface area contributed by atoms with Crippen LogP contribution in [0.2, 0.25) is 0 Å². The third-order valence-corrected chi connectivity index (χ3v) is 2.22. The fourth-order valence-electron chi connectivity index (χ4n) is 0.978. The number of rotatable bonds is 4. The number of nitrogens with zero attached hydrogens (tertiary/aromatic N) is 1. The summed E-state index contributed by atoms with van der Waals surface area (Å²) in [6.07, 6.45) is 1.20. The maximum Gasteiger partial charge on any atom is 0.252 e. The number of hydrogen-bond donors (Lipinski definition) is 1. The van der Waals surface area contributed by atoms with Gasteiger partial charge in [0.05, 0.1) is 11.2 Å². The molecule has 0 aliphatic carbocycles. The number of hydrogen-bond acceptors (Lipinski definition) is 3. The Bertz CT molecular complexity index is 363. The van der Waals surface area contributed by atoms with Crippen LogP contribution in [-0.2, 0) is 4.74 Å². The quantitative estimate of drug-likeness (QED) is 0.789. The summed E-state index contributed by atoms with van der Waals surface area (Å²) in [5.74, 6) is -0.897. The molecule has 0 spiro atoms. The lowest BCUT2D eigenvalue weighted by atomic mass is 10.1. The van der Waals surface area contributed by atoms with Gasteiger partial charge in [0.2, 0.25) is 5.95 Å². The van der Waals surface area contributed by atoms with Gasteiger partial charge >= 0.3 is 0 Å². The molecule has 0 aromatic carbocycles. The summed E-state index contributed by atoms with van der Waals surface area (Å²) >= 11 is 0. The standard InChI is InChI=1S/C11H15FN2O2/c1-11(2,16-3)7-14-10(15)8-4-5-9(12)13-6-8/h4-6H,7H2,1-3H3,(H,14,15). The van der Waals surface area contributed by atoms with E-state index >= 15 is 0 Å². The van der Waals surface area contributed by atoms with Gasteiger partial charge in [0.1, 0.15) is 0 Å². The van der Waals surface area contributed by atoms with Crippen molar-refractivity contribution in [1.82, 2.24) is 10.3 Å². The molecule has 5 heteroatoms. The van der Waals surface area contributed by atoms with E-state index in [4.69, 9.17) is 4.74 Å². The first-order chi connectivity index (χ1) is 7.44. The molecule has 0 aliphatic rings. The fourth-order valence-corrected chi connectivity index (χ4v) is 0.978. The summed E-state index contributed by atoms with van der Waals surface area (Å²) in [5.41, 5.74) is -0.100. The van der Waals surface area contributed by atoms with Crippen molar-refractivity contribution in [2.45, 2.75) is 19.4 Å². The highest BCUT2D eigenvalue weighted by Crippen LogP contribution is 2.06. The number of carbonyl (C=O) groups excluding carboxylic acids is 1.